The minimum atomic E-state index is -0.890. The van der Waals surface area contributed by atoms with Crippen molar-refractivity contribution in [3.8, 4) is 0 Å². The summed E-state index contributed by atoms with van der Waals surface area (Å²) in [5.74, 6) is -0.494. The normalized spacial score (nSPS) is 21.6. The molecule has 0 aromatic carbocycles. The van der Waals surface area contributed by atoms with Gasteiger partial charge in [-0.05, 0) is 6.42 Å². The SMILES string of the molecule is Fc1cncc(Cl)c1N1CC[C@H](F)C1. The Morgan fingerprint density at radius 1 is 1.50 bits per heavy atom. The molecule has 1 atom stereocenters. The molecule has 0 bridgehead atoms. The van der Waals surface area contributed by atoms with Crippen molar-refractivity contribution >= 4 is 17.3 Å². The van der Waals surface area contributed by atoms with Crippen LogP contribution in [-0.2, 0) is 0 Å². The van der Waals surface area contributed by atoms with Crippen LogP contribution in [0.1, 0.15) is 6.42 Å². The summed E-state index contributed by atoms with van der Waals surface area (Å²) in [6, 6.07) is 0. The van der Waals surface area contributed by atoms with Crippen molar-refractivity contribution in [2.75, 3.05) is 18.0 Å². The van der Waals surface area contributed by atoms with Crippen LogP contribution in [0, 0.1) is 5.82 Å². The molecule has 1 saturated heterocycles. The van der Waals surface area contributed by atoms with E-state index in [1.807, 2.05) is 0 Å². The number of anilines is 1. The van der Waals surface area contributed by atoms with Crippen LogP contribution < -0.4 is 4.90 Å². The summed E-state index contributed by atoms with van der Waals surface area (Å²) in [4.78, 5) is 5.22. The number of nitrogens with zero attached hydrogens (tertiary/aromatic N) is 2. The third-order valence-corrected chi connectivity index (χ3v) is 2.55. The van der Waals surface area contributed by atoms with Crippen LogP contribution in [0.3, 0.4) is 0 Å². The quantitative estimate of drug-likeness (QED) is 0.720. The van der Waals surface area contributed by atoms with Crippen LogP contribution in [-0.4, -0.2) is 24.2 Å². The van der Waals surface area contributed by atoms with E-state index >= 15 is 0 Å². The zero-order chi connectivity index (χ0) is 10.1. The van der Waals surface area contributed by atoms with Gasteiger partial charge in [0.25, 0.3) is 0 Å². The molecular formula is C9H9ClF2N2. The average molecular weight is 219 g/mol. The van der Waals surface area contributed by atoms with E-state index < -0.39 is 12.0 Å². The Morgan fingerprint density at radius 2 is 2.29 bits per heavy atom. The molecule has 2 rings (SSSR count). The molecule has 0 saturated carbocycles. The third-order valence-electron chi connectivity index (χ3n) is 2.28. The number of rotatable bonds is 1. The second kappa shape index (κ2) is 3.69. The highest BCUT2D eigenvalue weighted by Gasteiger charge is 2.25. The number of aromatic nitrogens is 1. The standard InChI is InChI=1S/C9H9ClF2N2/c10-7-3-13-4-8(12)9(7)14-2-1-6(11)5-14/h3-4,6H,1-2,5H2/t6-/m0/s1. The van der Waals surface area contributed by atoms with Gasteiger partial charge in [-0.15, -0.1) is 0 Å². The predicted octanol–water partition coefficient (Wildman–Crippen LogP) is 2.42. The molecule has 1 aliphatic heterocycles. The molecule has 0 aliphatic carbocycles. The lowest BCUT2D eigenvalue weighted by Crippen LogP contribution is -2.21. The van der Waals surface area contributed by atoms with Gasteiger partial charge in [-0.1, -0.05) is 11.6 Å². The van der Waals surface area contributed by atoms with Crippen molar-refractivity contribution in [1.82, 2.24) is 4.98 Å². The zero-order valence-electron chi connectivity index (χ0n) is 7.38. The Bertz CT molecular complexity index is 325. The first-order chi connectivity index (χ1) is 6.68. The van der Waals surface area contributed by atoms with E-state index in [0.29, 0.717) is 13.0 Å². The van der Waals surface area contributed by atoms with Gasteiger partial charge in [-0.2, -0.15) is 0 Å². The maximum atomic E-state index is 13.3. The Morgan fingerprint density at radius 3 is 2.86 bits per heavy atom. The van der Waals surface area contributed by atoms with Crippen molar-refractivity contribution in [3.05, 3.63) is 23.2 Å². The summed E-state index contributed by atoms with van der Waals surface area (Å²) in [5, 5.41) is 0.235. The van der Waals surface area contributed by atoms with E-state index in [0.717, 1.165) is 6.20 Å². The van der Waals surface area contributed by atoms with Gasteiger partial charge in [-0.3, -0.25) is 4.98 Å². The van der Waals surface area contributed by atoms with Crippen LogP contribution in [0.4, 0.5) is 14.5 Å². The maximum Gasteiger partial charge on any atom is 0.166 e. The molecule has 0 radical (unpaired) electrons. The summed E-state index contributed by atoms with van der Waals surface area (Å²) in [6.07, 6.45) is 2.00. The van der Waals surface area contributed by atoms with Crippen molar-refractivity contribution in [3.63, 3.8) is 0 Å². The highest BCUT2D eigenvalue weighted by Crippen LogP contribution is 2.30. The molecule has 76 valence electrons. The van der Waals surface area contributed by atoms with Gasteiger partial charge in [0.05, 0.1) is 16.9 Å². The second-order valence-corrected chi connectivity index (χ2v) is 3.69. The van der Waals surface area contributed by atoms with Crippen LogP contribution in [0.2, 0.25) is 5.02 Å². The van der Waals surface area contributed by atoms with Crippen LogP contribution in [0.15, 0.2) is 12.4 Å². The molecule has 1 aliphatic rings. The van der Waals surface area contributed by atoms with E-state index in [2.05, 4.69) is 4.98 Å². The van der Waals surface area contributed by atoms with E-state index in [4.69, 9.17) is 11.6 Å². The monoisotopic (exact) mass is 218 g/mol. The number of hydrogen-bond donors (Lipinski definition) is 0. The fourth-order valence-corrected chi connectivity index (χ4v) is 1.89. The van der Waals surface area contributed by atoms with E-state index in [1.54, 1.807) is 4.90 Å². The van der Waals surface area contributed by atoms with Crippen LogP contribution in [0.25, 0.3) is 0 Å². The summed E-state index contributed by atoms with van der Waals surface area (Å²) in [6.45, 7) is 0.711. The van der Waals surface area contributed by atoms with Gasteiger partial charge >= 0.3 is 0 Å². The van der Waals surface area contributed by atoms with Crippen LogP contribution >= 0.6 is 11.6 Å². The molecule has 2 nitrogen and oxygen atoms in total. The Labute approximate surface area is 85.5 Å². The summed E-state index contributed by atoms with van der Waals surface area (Å²) in [7, 11) is 0. The van der Waals surface area contributed by atoms with Gasteiger partial charge in [0.1, 0.15) is 6.17 Å². The lowest BCUT2D eigenvalue weighted by Gasteiger charge is -2.18. The number of hydrogen-bond acceptors (Lipinski definition) is 2. The molecule has 1 aromatic heterocycles. The fourth-order valence-electron chi connectivity index (χ4n) is 1.63. The number of halogens is 3. The third kappa shape index (κ3) is 1.66. The Hall–Kier alpha value is -0.900. The van der Waals surface area contributed by atoms with Crippen molar-refractivity contribution in [2.45, 2.75) is 12.6 Å². The van der Waals surface area contributed by atoms with Crippen molar-refractivity contribution in [2.24, 2.45) is 0 Å². The molecule has 1 fully saturated rings. The minimum absolute atomic E-state index is 0.209. The van der Waals surface area contributed by atoms with Crippen LogP contribution in [0.5, 0.6) is 0 Å². The average Bonchev–Trinajstić information content (AvgIpc) is 2.51. The molecule has 5 heteroatoms. The molecule has 1 aromatic rings. The molecule has 0 spiro atoms. The smallest absolute Gasteiger partial charge is 0.166 e. The first-order valence-corrected chi connectivity index (χ1v) is 4.74. The lowest BCUT2D eigenvalue weighted by atomic mass is 10.3. The van der Waals surface area contributed by atoms with Gasteiger partial charge in [0.15, 0.2) is 5.82 Å². The molecular weight excluding hydrogens is 210 g/mol. The van der Waals surface area contributed by atoms with Gasteiger partial charge < -0.3 is 4.90 Å². The Balaban J connectivity index is 2.31. The number of alkyl halides is 1. The molecule has 14 heavy (non-hydrogen) atoms. The Kier molecular flexibility index (Phi) is 2.54. The second-order valence-electron chi connectivity index (χ2n) is 3.28. The molecule has 0 N–H and O–H groups in total. The van der Waals surface area contributed by atoms with E-state index in [-0.39, 0.29) is 17.3 Å². The lowest BCUT2D eigenvalue weighted by molar-refractivity contribution is 0.364. The van der Waals surface area contributed by atoms with Crippen molar-refractivity contribution in [1.29, 1.82) is 0 Å². The van der Waals surface area contributed by atoms with E-state index in [1.165, 1.54) is 6.20 Å². The van der Waals surface area contributed by atoms with Gasteiger partial charge in [0, 0.05) is 19.3 Å². The summed E-state index contributed by atoms with van der Waals surface area (Å²) >= 11 is 5.79. The van der Waals surface area contributed by atoms with Gasteiger partial charge in [0.2, 0.25) is 0 Å². The maximum absolute atomic E-state index is 13.3. The highest BCUT2D eigenvalue weighted by molar-refractivity contribution is 6.33. The predicted molar refractivity (Wildman–Crippen MR) is 50.9 cm³/mol. The molecule has 2 heterocycles. The number of pyridine rings is 1. The summed E-state index contributed by atoms with van der Waals surface area (Å²) < 4.78 is 26.2. The van der Waals surface area contributed by atoms with Crippen molar-refractivity contribution < 1.29 is 8.78 Å². The first-order valence-electron chi connectivity index (χ1n) is 4.36. The van der Waals surface area contributed by atoms with E-state index in [9.17, 15) is 8.78 Å². The fraction of sp³-hybridized carbons (Fsp3) is 0.444. The van der Waals surface area contributed by atoms with Gasteiger partial charge in [-0.25, -0.2) is 8.78 Å². The first kappa shape index (κ1) is 9.65. The largest absolute Gasteiger partial charge is 0.365 e. The topological polar surface area (TPSA) is 16.1 Å². The molecule has 0 amide bonds. The minimum Gasteiger partial charge on any atom is -0.365 e. The molecule has 0 unspecified atom stereocenters. The highest BCUT2D eigenvalue weighted by atomic mass is 35.5. The summed E-state index contributed by atoms with van der Waals surface area (Å²) in [5.41, 5.74) is 0.266. The zero-order valence-corrected chi connectivity index (χ0v) is 8.14.